The van der Waals surface area contributed by atoms with Crippen LogP contribution in [0.15, 0.2) is 48.5 Å². The number of anilines is 2. The monoisotopic (exact) mass is 424 g/mol. The lowest BCUT2D eigenvalue weighted by molar-refractivity contribution is -0.151. The third-order valence-corrected chi connectivity index (χ3v) is 4.89. The number of carbonyl (C=O) groups is 4. The van der Waals surface area contributed by atoms with E-state index in [2.05, 4.69) is 5.32 Å². The van der Waals surface area contributed by atoms with Crippen LogP contribution in [0, 0.1) is 12.8 Å². The number of esters is 2. The third-order valence-electron chi connectivity index (χ3n) is 4.89. The van der Waals surface area contributed by atoms with Crippen LogP contribution < -0.4 is 10.2 Å². The summed E-state index contributed by atoms with van der Waals surface area (Å²) in [6.45, 7) is 3.65. The number of rotatable bonds is 7. The molecule has 0 radical (unpaired) electrons. The summed E-state index contributed by atoms with van der Waals surface area (Å²) in [5.74, 6) is -2.32. The molecule has 0 saturated carbocycles. The van der Waals surface area contributed by atoms with Crippen molar-refractivity contribution in [3.63, 3.8) is 0 Å². The zero-order valence-electron chi connectivity index (χ0n) is 17.4. The molecule has 1 atom stereocenters. The highest BCUT2D eigenvalue weighted by Crippen LogP contribution is 2.28. The van der Waals surface area contributed by atoms with Crippen LogP contribution in [0.2, 0.25) is 0 Å². The molecule has 1 aliphatic heterocycles. The lowest BCUT2D eigenvalue weighted by Crippen LogP contribution is -2.28. The second-order valence-corrected chi connectivity index (χ2v) is 7.15. The van der Waals surface area contributed by atoms with Crippen molar-refractivity contribution in [2.24, 2.45) is 5.92 Å². The Labute approximate surface area is 180 Å². The average Bonchev–Trinajstić information content (AvgIpc) is 3.14. The predicted molar refractivity (Wildman–Crippen MR) is 114 cm³/mol. The fourth-order valence-corrected chi connectivity index (χ4v) is 3.32. The molecule has 0 aromatic heterocycles. The van der Waals surface area contributed by atoms with Gasteiger partial charge in [0.15, 0.2) is 6.61 Å². The maximum absolute atomic E-state index is 12.4. The normalized spacial score (nSPS) is 15.5. The molecule has 1 heterocycles. The summed E-state index contributed by atoms with van der Waals surface area (Å²) >= 11 is 0. The summed E-state index contributed by atoms with van der Waals surface area (Å²) < 4.78 is 10.0. The molecule has 162 valence electrons. The number of benzene rings is 2. The molecule has 1 saturated heterocycles. The molecule has 1 aliphatic rings. The van der Waals surface area contributed by atoms with Gasteiger partial charge in [0.25, 0.3) is 5.91 Å². The van der Waals surface area contributed by atoms with Crippen LogP contribution in [-0.4, -0.2) is 43.5 Å². The molecule has 0 bridgehead atoms. The Hall–Kier alpha value is -3.68. The largest absolute Gasteiger partial charge is 0.462 e. The summed E-state index contributed by atoms with van der Waals surface area (Å²) in [6, 6.07) is 13.6. The van der Waals surface area contributed by atoms with Gasteiger partial charge in [-0.2, -0.15) is 0 Å². The van der Waals surface area contributed by atoms with Crippen molar-refractivity contribution in [3.8, 4) is 0 Å². The minimum absolute atomic E-state index is 0.0457. The van der Waals surface area contributed by atoms with Crippen LogP contribution in [0.5, 0.6) is 0 Å². The van der Waals surface area contributed by atoms with Crippen LogP contribution in [0.25, 0.3) is 0 Å². The zero-order chi connectivity index (χ0) is 22.4. The first-order valence-corrected chi connectivity index (χ1v) is 9.98. The highest BCUT2D eigenvalue weighted by molar-refractivity contribution is 6.00. The maximum atomic E-state index is 12.4. The number of nitrogens with one attached hydrogen (secondary N) is 1. The number of para-hydroxylation sites is 1. The van der Waals surface area contributed by atoms with E-state index in [0.717, 1.165) is 11.3 Å². The maximum Gasteiger partial charge on any atom is 0.338 e. The van der Waals surface area contributed by atoms with Crippen molar-refractivity contribution in [2.75, 3.05) is 30.0 Å². The number of nitrogens with zero attached hydrogens (tertiary/aromatic N) is 1. The molecule has 0 aliphatic carbocycles. The standard InChI is InChI=1S/C23H24N2O6/c1-3-30-22(28)16-8-10-18(11-9-16)24-20(26)14-31-23(29)17-12-21(27)25(13-17)19-7-5-4-6-15(19)2/h4-11,17H,3,12-14H2,1-2H3,(H,24,26)/t17-/m0/s1. The molecular weight excluding hydrogens is 400 g/mol. The smallest absolute Gasteiger partial charge is 0.338 e. The van der Waals surface area contributed by atoms with E-state index in [0.29, 0.717) is 11.3 Å². The number of ether oxygens (including phenoxy) is 2. The first kappa shape index (κ1) is 22.0. The molecule has 8 heteroatoms. The summed E-state index contributed by atoms with van der Waals surface area (Å²) in [6.07, 6.45) is 0.0457. The van der Waals surface area contributed by atoms with Gasteiger partial charge in [-0.3, -0.25) is 14.4 Å². The fourth-order valence-electron chi connectivity index (χ4n) is 3.32. The first-order valence-electron chi connectivity index (χ1n) is 9.98. The summed E-state index contributed by atoms with van der Waals surface area (Å²) in [5, 5.41) is 2.59. The molecule has 0 unspecified atom stereocenters. The van der Waals surface area contributed by atoms with Crippen molar-refractivity contribution in [1.82, 2.24) is 0 Å². The van der Waals surface area contributed by atoms with Gasteiger partial charge >= 0.3 is 11.9 Å². The number of carbonyl (C=O) groups excluding carboxylic acids is 4. The van der Waals surface area contributed by atoms with Gasteiger partial charge in [0, 0.05) is 24.3 Å². The van der Waals surface area contributed by atoms with E-state index in [1.165, 1.54) is 12.1 Å². The molecular formula is C23H24N2O6. The van der Waals surface area contributed by atoms with Crippen LogP contribution in [-0.2, 0) is 23.9 Å². The summed E-state index contributed by atoms with van der Waals surface area (Å²) in [5.41, 5.74) is 2.54. The Morgan fingerprint density at radius 2 is 1.77 bits per heavy atom. The zero-order valence-corrected chi connectivity index (χ0v) is 17.4. The second kappa shape index (κ2) is 9.88. The van der Waals surface area contributed by atoms with Crippen molar-refractivity contribution >= 4 is 35.1 Å². The number of hydrogen-bond acceptors (Lipinski definition) is 6. The average molecular weight is 424 g/mol. The van der Waals surface area contributed by atoms with Gasteiger partial charge in [0.2, 0.25) is 5.91 Å². The SMILES string of the molecule is CCOC(=O)c1ccc(NC(=O)COC(=O)[C@H]2CC(=O)N(c3ccccc3C)C2)cc1. The Kier molecular flexibility index (Phi) is 7.02. The quantitative estimate of drug-likeness (QED) is 0.686. The lowest BCUT2D eigenvalue weighted by atomic mass is 10.1. The minimum Gasteiger partial charge on any atom is -0.462 e. The van der Waals surface area contributed by atoms with E-state index in [1.807, 2.05) is 31.2 Å². The van der Waals surface area contributed by atoms with Crippen LogP contribution in [0.1, 0.15) is 29.3 Å². The van der Waals surface area contributed by atoms with E-state index in [4.69, 9.17) is 9.47 Å². The van der Waals surface area contributed by atoms with Crippen molar-refractivity contribution in [3.05, 3.63) is 59.7 Å². The topological polar surface area (TPSA) is 102 Å². The summed E-state index contributed by atoms with van der Waals surface area (Å²) in [4.78, 5) is 50.0. The minimum atomic E-state index is -0.622. The molecule has 2 amide bonds. The van der Waals surface area contributed by atoms with Crippen LogP contribution in [0.4, 0.5) is 11.4 Å². The van der Waals surface area contributed by atoms with Gasteiger partial charge < -0.3 is 19.7 Å². The molecule has 2 aromatic rings. The van der Waals surface area contributed by atoms with Crippen LogP contribution in [0.3, 0.4) is 0 Å². The molecule has 0 spiro atoms. The van der Waals surface area contributed by atoms with Crippen LogP contribution >= 0.6 is 0 Å². The molecule has 8 nitrogen and oxygen atoms in total. The van der Waals surface area contributed by atoms with Crippen molar-refractivity contribution < 1.29 is 28.7 Å². The third kappa shape index (κ3) is 5.48. The van der Waals surface area contributed by atoms with E-state index < -0.39 is 30.4 Å². The van der Waals surface area contributed by atoms with Gasteiger partial charge in [0.1, 0.15) is 0 Å². The number of hydrogen-bond donors (Lipinski definition) is 1. The number of amides is 2. The first-order chi connectivity index (χ1) is 14.9. The second-order valence-electron chi connectivity index (χ2n) is 7.15. The highest BCUT2D eigenvalue weighted by atomic mass is 16.5. The Morgan fingerprint density at radius 3 is 2.45 bits per heavy atom. The van der Waals surface area contributed by atoms with Gasteiger partial charge in [0.05, 0.1) is 18.1 Å². The van der Waals surface area contributed by atoms with E-state index in [1.54, 1.807) is 24.0 Å². The van der Waals surface area contributed by atoms with Gasteiger partial charge in [-0.25, -0.2) is 4.79 Å². The van der Waals surface area contributed by atoms with Gasteiger partial charge in [-0.15, -0.1) is 0 Å². The van der Waals surface area contributed by atoms with E-state index in [-0.39, 0.29) is 25.5 Å². The van der Waals surface area contributed by atoms with E-state index in [9.17, 15) is 19.2 Å². The van der Waals surface area contributed by atoms with Gasteiger partial charge in [-0.05, 0) is 49.7 Å². The Morgan fingerprint density at radius 1 is 1.06 bits per heavy atom. The van der Waals surface area contributed by atoms with Gasteiger partial charge in [-0.1, -0.05) is 18.2 Å². The fraction of sp³-hybridized carbons (Fsp3) is 0.304. The highest BCUT2D eigenvalue weighted by Gasteiger charge is 2.36. The molecule has 3 rings (SSSR count). The number of aryl methyl sites for hydroxylation is 1. The predicted octanol–water partition coefficient (Wildman–Crippen LogP) is 2.71. The Bertz CT molecular complexity index is 986. The molecule has 2 aromatic carbocycles. The lowest BCUT2D eigenvalue weighted by Gasteiger charge is -2.18. The molecule has 1 fully saturated rings. The van der Waals surface area contributed by atoms with Crippen molar-refractivity contribution in [2.45, 2.75) is 20.3 Å². The Balaban J connectivity index is 1.49. The molecule has 31 heavy (non-hydrogen) atoms. The van der Waals surface area contributed by atoms with Crippen molar-refractivity contribution in [1.29, 1.82) is 0 Å². The van der Waals surface area contributed by atoms with E-state index >= 15 is 0 Å². The summed E-state index contributed by atoms with van der Waals surface area (Å²) in [7, 11) is 0. The molecule has 1 N–H and O–H groups in total.